The van der Waals surface area contributed by atoms with Gasteiger partial charge in [-0.1, -0.05) is 36.4 Å². The number of hydrogen-bond acceptors (Lipinski definition) is 4. The van der Waals surface area contributed by atoms with Crippen LogP contribution >= 0.6 is 0 Å². The number of methoxy groups -OCH3 is 1. The van der Waals surface area contributed by atoms with Crippen LogP contribution in [0.1, 0.15) is 23.3 Å². The molecule has 2 aliphatic rings. The van der Waals surface area contributed by atoms with Gasteiger partial charge in [-0.15, -0.1) is 0 Å². The molecular weight excluding hydrogens is 360 g/mol. The summed E-state index contributed by atoms with van der Waals surface area (Å²) in [6.07, 6.45) is 1.87. The van der Waals surface area contributed by atoms with Crippen LogP contribution in [0.3, 0.4) is 0 Å². The van der Waals surface area contributed by atoms with E-state index in [1.165, 1.54) is 16.9 Å². The zero-order valence-electron chi connectivity index (χ0n) is 16.2. The number of nitrogens with one attached hydrogen (secondary N) is 1. The molecule has 6 rings (SSSR count). The maximum Gasteiger partial charge on any atom is 0.212 e. The van der Waals surface area contributed by atoms with Gasteiger partial charge in [0.05, 0.1) is 24.2 Å². The molecule has 1 saturated heterocycles. The minimum absolute atomic E-state index is 0.320. The average molecular weight is 382 g/mol. The van der Waals surface area contributed by atoms with Crippen molar-refractivity contribution in [1.29, 1.82) is 0 Å². The molecule has 5 heteroatoms. The van der Waals surface area contributed by atoms with E-state index in [9.17, 15) is 0 Å². The van der Waals surface area contributed by atoms with E-state index in [1.54, 1.807) is 7.11 Å². The Labute approximate surface area is 169 Å². The van der Waals surface area contributed by atoms with Gasteiger partial charge in [0.2, 0.25) is 5.88 Å². The topological polar surface area (TPSA) is 52.0 Å². The molecule has 1 fully saturated rings. The smallest absolute Gasteiger partial charge is 0.212 e. The van der Waals surface area contributed by atoms with E-state index < -0.39 is 0 Å². The SMILES string of the molecule is COc1ccc(-c2ccc3nc4n(c3c2)[C@@H](c2ccccc2)C2CNC[C@@H]42)cn1. The first-order chi connectivity index (χ1) is 14.3. The Morgan fingerprint density at radius 3 is 2.66 bits per heavy atom. The van der Waals surface area contributed by atoms with Crippen LogP contribution in [-0.2, 0) is 0 Å². The van der Waals surface area contributed by atoms with E-state index in [0.717, 1.165) is 29.7 Å². The van der Waals surface area contributed by atoms with Crippen molar-refractivity contribution in [3.05, 3.63) is 78.2 Å². The molecule has 3 atom stereocenters. The first-order valence-corrected chi connectivity index (χ1v) is 10.1. The lowest BCUT2D eigenvalue weighted by molar-refractivity contribution is 0.398. The number of benzene rings is 2. The number of aromatic nitrogens is 3. The van der Waals surface area contributed by atoms with Crippen LogP contribution in [0, 0.1) is 5.92 Å². The summed E-state index contributed by atoms with van der Waals surface area (Å²) in [6, 6.07) is 21.7. The van der Waals surface area contributed by atoms with E-state index >= 15 is 0 Å². The van der Waals surface area contributed by atoms with Crippen molar-refractivity contribution in [3.8, 4) is 17.0 Å². The standard InChI is InChI=1S/C24H22N4O/c1-29-22-10-8-17(12-26-22)16-7-9-20-21(11-16)28-23(15-5-3-2-4-6-15)18-13-25-14-19(18)24(28)27-20/h2-12,18-19,23,25H,13-14H2,1H3/t18?,19-,23+/m1/s1. The number of fused-ring (bicyclic) bond motifs is 5. The summed E-state index contributed by atoms with van der Waals surface area (Å²) in [5.41, 5.74) is 5.87. The van der Waals surface area contributed by atoms with Gasteiger partial charge in [-0.3, -0.25) is 0 Å². The molecule has 0 bridgehead atoms. The molecule has 144 valence electrons. The maximum atomic E-state index is 5.20. The molecule has 4 aromatic rings. The first kappa shape index (κ1) is 16.7. The molecule has 2 aromatic heterocycles. The lowest BCUT2D eigenvalue weighted by Crippen LogP contribution is -2.19. The summed E-state index contributed by atoms with van der Waals surface area (Å²) in [6.45, 7) is 2.05. The number of nitrogens with zero attached hydrogens (tertiary/aromatic N) is 3. The van der Waals surface area contributed by atoms with Crippen molar-refractivity contribution in [1.82, 2.24) is 19.9 Å². The number of ether oxygens (including phenoxy) is 1. The van der Waals surface area contributed by atoms with Crippen LogP contribution < -0.4 is 10.1 Å². The minimum Gasteiger partial charge on any atom is -0.481 e. The monoisotopic (exact) mass is 382 g/mol. The average Bonchev–Trinajstić information content (AvgIpc) is 3.46. The third kappa shape index (κ3) is 2.51. The molecule has 0 radical (unpaired) electrons. The van der Waals surface area contributed by atoms with Crippen LogP contribution in [0.2, 0.25) is 0 Å². The molecule has 4 heterocycles. The van der Waals surface area contributed by atoms with Gasteiger partial charge in [-0.05, 0) is 29.3 Å². The van der Waals surface area contributed by atoms with Gasteiger partial charge in [-0.2, -0.15) is 0 Å². The van der Waals surface area contributed by atoms with Crippen LogP contribution in [-0.4, -0.2) is 34.7 Å². The molecule has 2 aromatic carbocycles. The Morgan fingerprint density at radius 1 is 1.00 bits per heavy atom. The van der Waals surface area contributed by atoms with Crippen molar-refractivity contribution in [2.45, 2.75) is 12.0 Å². The molecule has 0 spiro atoms. The van der Waals surface area contributed by atoms with E-state index in [4.69, 9.17) is 9.72 Å². The van der Waals surface area contributed by atoms with Gasteiger partial charge in [0.25, 0.3) is 0 Å². The van der Waals surface area contributed by atoms with Crippen molar-refractivity contribution in [3.63, 3.8) is 0 Å². The summed E-state index contributed by atoms with van der Waals surface area (Å²) < 4.78 is 7.69. The second-order valence-corrected chi connectivity index (χ2v) is 7.92. The van der Waals surface area contributed by atoms with Crippen molar-refractivity contribution in [2.24, 2.45) is 5.92 Å². The van der Waals surface area contributed by atoms with Crippen molar-refractivity contribution < 1.29 is 4.74 Å². The molecule has 0 amide bonds. The molecule has 5 nitrogen and oxygen atoms in total. The van der Waals surface area contributed by atoms with Crippen molar-refractivity contribution >= 4 is 11.0 Å². The Hall–Kier alpha value is -3.18. The minimum atomic E-state index is 0.320. The lowest BCUT2D eigenvalue weighted by Gasteiger charge is -2.21. The van der Waals surface area contributed by atoms with Gasteiger partial charge in [0, 0.05) is 42.8 Å². The van der Waals surface area contributed by atoms with Crippen LogP contribution in [0.25, 0.3) is 22.2 Å². The number of pyridine rings is 1. The third-order valence-corrected chi connectivity index (χ3v) is 6.41. The highest BCUT2D eigenvalue weighted by Gasteiger charge is 2.46. The number of hydrogen-bond donors (Lipinski definition) is 1. The van der Waals surface area contributed by atoms with Crippen LogP contribution in [0.15, 0.2) is 66.9 Å². The molecule has 29 heavy (non-hydrogen) atoms. The second kappa shape index (κ2) is 6.42. The molecule has 2 aliphatic heterocycles. The number of rotatable bonds is 3. The predicted octanol–water partition coefficient (Wildman–Crippen LogP) is 4.01. The molecule has 0 aliphatic carbocycles. The lowest BCUT2D eigenvalue weighted by atomic mass is 9.88. The Kier molecular flexibility index (Phi) is 3.71. The van der Waals surface area contributed by atoms with Crippen molar-refractivity contribution in [2.75, 3.05) is 20.2 Å². The Balaban J connectivity index is 1.53. The van der Waals surface area contributed by atoms with Crippen LogP contribution in [0.4, 0.5) is 0 Å². The Bertz CT molecular complexity index is 1180. The number of imidazole rings is 1. The Morgan fingerprint density at radius 2 is 1.86 bits per heavy atom. The summed E-state index contributed by atoms with van der Waals surface area (Å²) >= 11 is 0. The van der Waals surface area contributed by atoms with E-state index in [0.29, 0.717) is 23.8 Å². The van der Waals surface area contributed by atoms with E-state index in [1.807, 2.05) is 12.3 Å². The first-order valence-electron chi connectivity index (χ1n) is 10.1. The highest BCUT2D eigenvalue weighted by Crippen LogP contribution is 2.48. The van der Waals surface area contributed by atoms with Gasteiger partial charge in [0.1, 0.15) is 5.82 Å². The van der Waals surface area contributed by atoms with Gasteiger partial charge in [-0.25, -0.2) is 9.97 Å². The normalized spacial score (nSPS) is 22.6. The predicted molar refractivity (Wildman–Crippen MR) is 113 cm³/mol. The fourth-order valence-corrected chi connectivity index (χ4v) is 5.07. The van der Waals surface area contributed by atoms with E-state index in [2.05, 4.69) is 69.5 Å². The van der Waals surface area contributed by atoms with Gasteiger partial charge >= 0.3 is 0 Å². The largest absolute Gasteiger partial charge is 0.481 e. The highest BCUT2D eigenvalue weighted by molar-refractivity contribution is 5.83. The van der Waals surface area contributed by atoms with Crippen LogP contribution in [0.5, 0.6) is 5.88 Å². The summed E-state index contributed by atoms with van der Waals surface area (Å²) in [7, 11) is 1.64. The fraction of sp³-hybridized carbons (Fsp3) is 0.250. The molecule has 0 saturated carbocycles. The molecule has 1 N–H and O–H groups in total. The second-order valence-electron chi connectivity index (χ2n) is 7.92. The summed E-state index contributed by atoms with van der Waals surface area (Å²) in [5, 5.41) is 3.58. The highest BCUT2D eigenvalue weighted by atomic mass is 16.5. The van der Waals surface area contributed by atoms with E-state index in [-0.39, 0.29) is 0 Å². The maximum absolute atomic E-state index is 5.20. The zero-order valence-corrected chi connectivity index (χ0v) is 16.2. The van der Waals surface area contributed by atoms with Gasteiger partial charge < -0.3 is 14.6 Å². The zero-order chi connectivity index (χ0) is 19.4. The fourth-order valence-electron chi connectivity index (χ4n) is 5.07. The summed E-state index contributed by atoms with van der Waals surface area (Å²) in [4.78, 5) is 9.43. The third-order valence-electron chi connectivity index (χ3n) is 6.41. The summed E-state index contributed by atoms with van der Waals surface area (Å²) in [5.74, 6) is 2.87. The molecular formula is C24H22N4O. The molecule has 1 unspecified atom stereocenters. The van der Waals surface area contributed by atoms with Gasteiger partial charge in [0.15, 0.2) is 0 Å². The quantitative estimate of drug-likeness (QED) is 0.582.